The van der Waals surface area contributed by atoms with Gasteiger partial charge in [-0.25, -0.2) is 4.98 Å². The van der Waals surface area contributed by atoms with Gasteiger partial charge in [0.05, 0.1) is 16.4 Å². The van der Waals surface area contributed by atoms with Crippen molar-refractivity contribution in [3.63, 3.8) is 0 Å². The predicted molar refractivity (Wildman–Crippen MR) is 72.7 cm³/mol. The first-order valence-electron chi connectivity index (χ1n) is 5.46. The second kappa shape index (κ2) is 4.49. The first kappa shape index (κ1) is 12.1. The number of nitrogens with two attached hydrogens (primary N) is 1. The van der Waals surface area contributed by atoms with Gasteiger partial charge in [0.15, 0.2) is 0 Å². The molecule has 17 heavy (non-hydrogen) atoms. The lowest BCUT2D eigenvalue weighted by Crippen LogP contribution is -2.06. The highest BCUT2D eigenvalue weighted by Gasteiger charge is 2.16. The molecule has 90 valence electrons. The van der Waals surface area contributed by atoms with E-state index >= 15 is 0 Å². The number of aromatic nitrogens is 3. The molecule has 0 fully saturated rings. The van der Waals surface area contributed by atoms with Gasteiger partial charge in [-0.2, -0.15) is 5.10 Å². The van der Waals surface area contributed by atoms with E-state index in [2.05, 4.69) is 39.9 Å². The van der Waals surface area contributed by atoms with Gasteiger partial charge in [-0.05, 0) is 48.3 Å². The molecule has 0 atom stereocenters. The second-order valence-electron chi connectivity index (χ2n) is 4.32. The van der Waals surface area contributed by atoms with E-state index in [4.69, 9.17) is 5.73 Å². The molecule has 0 aromatic carbocycles. The Hall–Kier alpha value is -1.36. The normalized spacial score (nSPS) is 11.1. The summed E-state index contributed by atoms with van der Waals surface area (Å²) in [5, 5.41) is 4.35. The van der Waals surface area contributed by atoms with Crippen LogP contribution in [0.3, 0.4) is 0 Å². The Bertz CT molecular complexity index is 545. The average Bonchev–Trinajstić information content (AvgIpc) is 2.64. The largest absolute Gasteiger partial charge is 0.383 e. The lowest BCUT2D eigenvalue weighted by Gasteiger charge is -2.13. The minimum atomic E-state index is 0.274. The minimum absolute atomic E-state index is 0.274. The molecular formula is C12H15BrN4. The van der Waals surface area contributed by atoms with Gasteiger partial charge in [0.1, 0.15) is 5.82 Å². The third kappa shape index (κ3) is 2.20. The van der Waals surface area contributed by atoms with Gasteiger partial charge in [-0.1, -0.05) is 0 Å². The molecule has 0 aliphatic rings. The van der Waals surface area contributed by atoms with Crippen molar-refractivity contribution >= 4 is 21.7 Å². The fraction of sp³-hybridized carbons (Fsp3) is 0.333. The summed E-state index contributed by atoms with van der Waals surface area (Å²) in [7, 11) is 0. The molecule has 0 aliphatic heterocycles. The van der Waals surface area contributed by atoms with Gasteiger partial charge >= 0.3 is 0 Å². The SMILES string of the molecule is Cc1cnc(N)c(-c2c(Br)cnn2C(C)C)c1. The number of nitrogens with zero attached hydrogens (tertiary/aromatic N) is 3. The molecule has 2 aromatic heterocycles. The molecule has 2 N–H and O–H groups in total. The first-order chi connectivity index (χ1) is 8.00. The summed E-state index contributed by atoms with van der Waals surface area (Å²) in [6.07, 6.45) is 3.56. The molecular weight excluding hydrogens is 280 g/mol. The highest BCUT2D eigenvalue weighted by molar-refractivity contribution is 9.10. The smallest absolute Gasteiger partial charge is 0.132 e. The van der Waals surface area contributed by atoms with E-state index in [-0.39, 0.29) is 6.04 Å². The second-order valence-corrected chi connectivity index (χ2v) is 5.18. The van der Waals surface area contributed by atoms with Crippen LogP contribution in [0.25, 0.3) is 11.3 Å². The maximum atomic E-state index is 5.95. The third-order valence-corrected chi connectivity index (χ3v) is 3.13. The lowest BCUT2D eigenvalue weighted by atomic mass is 10.1. The van der Waals surface area contributed by atoms with Gasteiger partial charge in [0.2, 0.25) is 0 Å². The maximum absolute atomic E-state index is 5.95. The molecule has 2 rings (SSSR count). The molecule has 4 nitrogen and oxygen atoms in total. The summed E-state index contributed by atoms with van der Waals surface area (Å²) in [4.78, 5) is 4.19. The summed E-state index contributed by atoms with van der Waals surface area (Å²) >= 11 is 3.51. The molecule has 0 aliphatic carbocycles. The van der Waals surface area contributed by atoms with Crippen LogP contribution in [0.15, 0.2) is 22.9 Å². The zero-order chi connectivity index (χ0) is 12.6. The van der Waals surface area contributed by atoms with Gasteiger partial charge in [-0.15, -0.1) is 0 Å². The van der Waals surface area contributed by atoms with Crippen molar-refractivity contribution in [1.82, 2.24) is 14.8 Å². The summed E-state index contributed by atoms with van der Waals surface area (Å²) in [6, 6.07) is 2.31. The molecule has 0 saturated carbocycles. The monoisotopic (exact) mass is 294 g/mol. The van der Waals surface area contributed by atoms with E-state index in [1.165, 1.54) is 0 Å². The number of pyridine rings is 1. The van der Waals surface area contributed by atoms with Crippen LogP contribution in [0.5, 0.6) is 0 Å². The van der Waals surface area contributed by atoms with Gasteiger partial charge in [0, 0.05) is 17.8 Å². The fourth-order valence-electron chi connectivity index (χ4n) is 1.75. The van der Waals surface area contributed by atoms with Gasteiger partial charge < -0.3 is 5.73 Å². The maximum Gasteiger partial charge on any atom is 0.132 e. The number of hydrogen-bond donors (Lipinski definition) is 1. The Morgan fingerprint density at radius 1 is 1.35 bits per heavy atom. The Morgan fingerprint density at radius 3 is 2.71 bits per heavy atom. The molecule has 0 bridgehead atoms. The van der Waals surface area contributed by atoms with Crippen molar-refractivity contribution in [1.29, 1.82) is 0 Å². The van der Waals surface area contributed by atoms with E-state index in [9.17, 15) is 0 Å². The molecule has 0 unspecified atom stereocenters. The van der Waals surface area contributed by atoms with Crippen LogP contribution >= 0.6 is 15.9 Å². The van der Waals surface area contributed by atoms with E-state index in [0.29, 0.717) is 5.82 Å². The zero-order valence-corrected chi connectivity index (χ0v) is 11.7. The van der Waals surface area contributed by atoms with Crippen LogP contribution < -0.4 is 5.73 Å². The molecule has 2 heterocycles. The first-order valence-corrected chi connectivity index (χ1v) is 6.25. The topological polar surface area (TPSA) is 56.7 Å². The number of halogens is 1. The number of hydrogen-bond acceptors (Lipinski definition) is 3. The van der Waals surface area contributed by atoms with Crippen molar-refractivity contribution in [2.75, 3.05) is 5.73 Å². The number of nitrogen functional groups attached to an aromatic ring is 1. The van der Waals surface area contributed by atoms with Gasteiger partial charge in [-0.3, -0.25) is 4.68 Å². The number of aryl methyl sites for hydroxylation is 1. The predicted octanol–water partition coefficient (Wildman–Crippen LogP) is 3.18. The van der Waals surface area contributed by atoms with Crippen molar-refractivity contribution in [2.24, 2.45) is 0 Å². The van der Waals surface area contributed by atoms with Crippen LogP contribution in [-0.4, -0.2) is 14.8 Å². The molecule has 0 amide bonds. The molecule has 2 aromatic rings. The van der Waals surface area contributed by atoms with Crippen molar-refractivity contribution < 1.29 is 0 Å². The van der Waals surface area contributed by atoms with E-state index < -0.39 is 0 Å². The number of anilines is 1. The molecule has 0 spiro atoms. The van der Waals surface area contributed by atoms with E-state index in [1.54, 1.807) is 12.4 Å². The van der Waals surface area contributed by atoms with Crippen molar-refractivity contribution in [3.8, 4) is 11.3 Å². The Kier molecular flexibility index (Phi) is 3.19. The number of rotatable bonds is 2. The summed E-state index contributed by atoms with van der Waals surface area (Å²) in [5.41, 5.74) is 8.93. The van der Waals surface area contributed by atoms with Crippen LogP contribution in [0.1, 0.15) is 25.5 Å². The van der Waals surface area contributed by atoms with Crippen LogP contribution in [0.2, 0.25) is 0 Å². The van der Waals surface area contributed by atoms with Crippen molar-refractivity contribution in [2.45, 2.75) is 26.8 Å². The Labute approximate surface area is 109 Å². The zero-order valence-electron chi connectivity index (χ0n) is 10.1. The Balaban J connectivity index is 2.67. The summed E-state index contributed by atoms with van der Waals surface area (Å²) < 4.78 is 2.88. The molecule has 0 saturated heterocycles. The highest BCUT2D eigenvalue weighted by Crippen LogP contribution is 2.33. The third-order valence-electron chi connectivity index (χ3n) is 2.55. The molecule has 0 radical (unpaired) electrons. The quantitative estimate of drug-likeness (QED) is 0.925. The summed E-state index contributed by atoms with van der Waals surface area (Å²) in [6.45, 7) is 6.17. The van der Waals surface area contributed by atoms with Gasteiger partial charge in [0.25, 0.3) is 0 Å². The standard InChI is InChI=1S/C12H15BrN4/c1-7(2)17-11(10(13)6-16-17)9-4-8(3)5-15-12(9)14/h4-7H,1-3H3,(H2,14,15). The van der Waals surface area contributed by atoms with Crippen molar-refractivity contribution in [3.05, 3.63) is 28.5 Å². The average molecular weight is 295 g/mol. The summed E-state index contributed by atoms with van der Waals surface area (Å²) in [5.74, 6) is 0.527. The lowest BCUT2D eigenvalue weighted by molar-refractivity contribution is 0.538. The van der Waals surface area contributed by atoms with E-state index in [0.717, 1.165) is 21.3 Å². The minimum Gasteiger partial charge on any atom is -0.383 e. The molecule has 5 heteroatoms. The van der Waals surface area contributed by atoms with Crippen LogP contribution in [0.4, 0.5) is 5.82 Å². The van der Waals surface area contributed by atoms with Crippen LogP contribution in [0, 0.1) is 6.92 Å². The Morgan fingerprint density at radius 2 is 2.06 bits per heavy atom. The fourth-order valence-corrected chi connectivity index (χ4v) is 2.24. The highest BCUT2D eigenvalue weighted by atomic mass is 79.9. The van der Waals surface area contributed by atoms with E-state index in [1.807, 2.05) is 17.7 Å². The van der Waals surface area contributed by atoms with Crippen LogP contribution in [-0.2, 0) is 0 Å².